The van der Waals surface area contributed by atoms with E-state index in [1.54, 1.807) is 11.3 Å². The van der Waals surface area contributed by atoms with Crippen LogP contribution >= 0.6 is 11.3 Å². The van der Waals surface area contributed by atoms with Crippen LogP contribution < -0.4 is 0 Å². The molecule has 0 amide bonds. The predicted octanol–water partition coefficient (Wildman–Crippen LogP) is 2.45. The van der Waals surface area contributed by atoms with Crippen molar-refractivity contribution < 1.29 is 5.11 Å². The van der Waals surface area contributed by atoms with Crippen LogP contribution in [0, 0.1) is 6.92 Å². The molecule has 0 aromatic carbocycles. The molecular formula is C9H12OS. The number of aryl methyl sites for hydroxylation is 1. The van der Waals surface area contributed by atoms with E-state index in [0.29, 0.717) is 0 Å². The smallest absolute Gasteiger partial charge is 0.0465 e. The summed E-state index contributed by atoms with van der Waals surface area (Å²) in [6, 6.07) is 2.10. The van der Waals surface area contributed by atoms with E-state index >= 15 is 0 Å². The molecule has 1 heterocycles. The van der Waals surface area contributed by atoms with Gasteiger partial charge in [-0.3, -0.25) is 0 Å². The van der Waals surface area contributed by atoms with Gasteiger partial charge in [-0.25, -0.2) is 0 Å². The summed E-state index contributed by atoms with van der Waals surface area (Å²) in [5, 5.41) is 10.6. The van der Waals surface area contributed by atoms with E-state index in [-0.39, 0.29) is 6.61 Å². The van der Waals surface area contributed by atoms with Crippen LogP contribution in [-0.4, -0.2) is 11.7 Å². The van der Waals surface area contributed by atoms with Gasteiger partial charge in [0.05, 0.1) is 0 Å². The van der Waals surface area contributed by atoms with E-state index in [4.69, 9.17) is 5.11 Å². The van der Waals surface area contributed by atoms with Crippen LogP contribution in [0.5, 0.6) is 0 Å². The fraction of sp³-hybridized carbons (Fsp3) is 0.333. The minimum Gasteiger partial charge on any atom is -0.396 e. The Morgan fingerprint density at radius 2 is 2.45 bits per heavy atom. The Bertz CT molecular complexity index is 237. The van der Waals surface area contributed by atoms with Crippen molar-refractivity contribution in [3.05, 3.63) is 28.0 Å². The molecule has 0 atom stereocenters. The summed E-state index contributed by atoms with van der Waals surface area (Å²) < 4.78 is 0. The highest BCUT2D eigenvalue weighted by molar-refractivity contribution is 7.11. The van der Waals surface area contributed by atoms with Crippen molar-refractivity contribution >= 4 is 17.4 Å². The SMILES string of the molecule is Cc1ccsc1C=CCCO. The van der Waals surface area contributed by atoms with E-state index < -0.39 is 0 Å². The van der Waals surface area contributed by atoms with Crippen LogP contribution in [0.3, 0.4) is 0 Å². The molecule has 60 valence electrons. The highest BCUT2D eigenvalue weighted by atomic mass is 32.1. The maximum absolute atomic E-state index is 8.52. The van der Waals surface area contributed by atoms with Crippen molar-refractivity contribution in [3.8, 4) is 0 Å². The maximum Gasteiger partial charge on any atom is 0.0465 e. The summed E-state index contributed by atoms with van der Waals surface area (Å²) in [5.74, 6) is 0. The molecule has 11 heavy (non-hydrogen) atoms. The molecule has 1 rings (SSSR count). The third-order valence-corrected chi connectivity index (χ3v) is 2.45. The summed E-state index contributed by atoms with van der Waals surface area (Å²) in [7, 11) is 0. The Labute approximate surface area is 71.0 Å². The Morgan fingerprint density at radius 1 is 1.64 bits per heavy atom. The monoisotopic (exact) mass is 168 g/mol. The van der Waals surface area contributed by atoms with Crippen LogP contribution in [0.2, 0.25) is 0 Å². The average Bonchev–Trinajstić information content (AvgIpc) is 2.37. The summed E-state index contributed by atoms with van der Waals surface area (Å²) in [5.41, 5.74) is 1.31. The minimum absolute atomic E-state index is 0.237. The molecule has 0 saturated heterocycles. The lowest BCUT2D eigenvalue weighted by Gasteiger charge is -1.88. The molecule has 0 aliphatic carbocycles. The number of hydrogen-bond donors (Lipinski definition) is 1. The first-order valence-electron chi connectivity index (χ1n) is 3.66. The second kappa shape index (κ2) is 4.31. The van der Waals surface area contributed by atoms with Crippen molar-refractivity contribution in [3.63, 3.8) is 0 Å². The molecule has 0 fully saturated rings. The number of rotatable bonds is 3. The molecule has 2 heteroatoms. The molecule has 1 N–H and O–H groups in total. The van der Waals surface area contributed by atoms with Gasteiger partial charge in [0, 0.05) is 11.5 Å². The van der Waals surface area contributed by atoms with Crippen molar-refractivity contribution in [2.24, 2.45) is 0 Å². The highest BCUT2D eigenvalue weighted by Gasteiger charge is 1.92. The number of aliphatic hydroxyl groups is 1. The standard InChI is InChI=1S/C9H12OS/c1-8-5-7-11-9(8)4-2-3-6-10/h2,4-5,7,10H,3,6H2,1H3. The molecule has 0 bridgehead atoms. The minimum atomic E-state index is 0.237. The van der Waals surface area contributed by atoms with Gasteiger partial charge in [0.1, 0.15) is 0 Å². The molecule has 1 nitrogen and oxygen atoms in total. The van der Waals surface area contributed by atoms with Crippen LogP contribution in [0.25, 0.3) is 6.08 Å². The summed E-state index contributed by atoms with van der Waals surface area (Å²) in [6.45, 7) is 2.33. The van der Waals surface area contributed by atoms with Crippen molar-refractivity contribution in [1.29, 1.82) is 0 Å². The molecule has 1 aromatic rings. The first kappa shape index (κ1) is 8.50. The molecular weight excluding hydrogens is 156 g/mol. The molecule has 0 saturated carbocycles. The molecule has 0 spiro atoms. The van der Waals surface area contributed by atoms with E-state index in [1.807, 2.05) is 6.08 Å². The zero-order valence-corrected chi connectivity index (χ0v) is 7.40. The number of aliphatic hydroxyl groups excluding tert-OH is 1. The normalized spacial score (nSPS) is 11.1. The van der Waals surface area contributed by atoms with Crippen LogP contribution in [0.4, 0.5) is 0 Å². The maximum atomic E-state index is 8.52. The van der Waals surface area contributed by atoms with E-state index in [0.717, 1.165) is 6.42 Å². The lowest BCUT2D eigenvalue weighted by molar-refractivity contribution is 0.303. The van der Waals surface area contributed by atoms with E-state index in [9.17, 15) is 0 Å². The Hall–Kier alpha value is -0.600. The van der Waals surface area contributed by atoms with Crippen LogP contribution in [-0.2, 0) is 0 Å². The summed E-state index contributed by atoms with van der Waals surface area (Å²) in [4.78, 5) is 1.29. The fourth-order valence-corrected chi connectivity index (χ4v) is 1.67. The Balaban J connectivity index is 2.56. The zero-order valence-electron chi connectivity index (χ0n) is 6.58. The quantitative estimate of drug-likeness (QED) is 0.735. The van der Waals surface area contributed by atoms with Gasteiger partial charge >= 0.3 is 0 Å². The number of thiophene rings is 1. The second-order valence-electron chi connectivity index (χ2n) is 2.38. The highest BCUT2D eigenvalue weighted by Crippen LogP contribution is 2.16. The van der Waals surface area contributed by atoms with Gasteiger partial charge in [-0.15, -0.1) is 11.3 Å². The van der Waals surface area contributed by atoms with E-state index in [2.05, 4.69) is 24.4 Å². The summed E-state index contributed by atoms with van der Waals surface area (Å²) >= 11 is 1.73. The number of hydrogen-bond acceptors (Lipinski definition) is 2. The Kier molecular flexibility index (Phi) is 3.33. The average molecular weight is 168 g/mol. The first-order chi connectivity index (χ1) is 5.34. The molecule has 0 unspecified atom stereocenters. The van der Waals surface area contributed by atoms with Gasteiger partial charge in [-0.2, -0.15) is 0 Å². The third kappa shape index (κ3) is 2.48. The van der Waals surface area contributed by atoms with Crippen LogP contribution in [0.15, 0.2) is 17.5 Å². The topological polar surface area (TPSA) is 20.2 Å². The first-order valence-corrected chi connectivity index (χ1v) is 4.54. The molecule has 0 aliphatic rings. The molecule has 0 aliphatic heterocycles. The zero-order chi connectivity index (χ0) is 8.10. The second-order valence-corrected chi connectivity index (χ2v) is 3.33. The van der Waals surface area contributed by atoms with Crippen molar-refractivity contribution in [2.45, 2.75) is 13.3 Å². The lowest BCUT2D eigenvalue weighted by atomic mass is 10.2. The molecule has 0 radical (unpaired) electrons. The largest absolute Gasteiger partial charge is 0.396 e. The van der Waals surface area contributed by atoms with Gasteiger partial charge in [0.15, 0.2) is 0 Å². The molecule has 1 aromatic heterocycles. The van der Waals surface area contributed by atoms with Crippen LogP contribution in [0.1, 0.15) is 16.9 Å². The lowest BCUT2D eigenvalue weighted by Crippen LogP contribution is -1.75. The fourth-order valence-electron chi connectivity index (χ4n) is 0.820. The van der Waals surface area contributed by atoms with Gasteiger partial charge in [-0.1, -0.05) is 6.08 Å². The van der Waals surface area contributed by atoms with Gasteiger partial charge in [-0.05, 0) is 36.4 Å². The van der Waals surface area contributed by atoms with E-state index in [1.165, 1.54) is 10.4 Å². The van der Waals surface area contributed by atoms with Gasteiger partial charge in [0.2, 0.25) is 0 Å². The van der Waals surface area contributed by atoms with Gasteiger partial charge in [0.25, 0.3) is 0 Å². The Morgan fingerprint density at radius 3 is 3.00 bits per heavy atom. The predicted molar refractivity (Wildman–Crippen MR) is 49.8 cm³/mol. The van der Waals surface area contributed by atoms with Crippen molar-refractivity contribution in [2.75, 3.05) is 6.61 Å². The summed E-state index contributed by atoms with van der Waals surface area (Å²) in [6.07, 6.45) is 4.81. The van der Waals surface area contributed by atoms with Crippen molar-refractivity contribution in [1.82, 2.24) is 0 Å². The third-order valence-electron chi connectivity index (χ3n) is 1.47. The van der Waals surface area contributed by atoms with Gasteiger partial charge < -0.3 is 5.11 Å².